The number of hydrogen-bond donors (Lipinski definition) is 2. The van der Waals surface area contributed by atoms with Gasteiger partial charge in [-0.25, -0.2) is 0 Å². The maximum absolute atomic E-state index is 13.0. The van der Waals surface area contributed by atoms with E-state index in [4.69, 9.17) is 21.7 Å². The molecule has 1 aliphatic rings. The van der Waals surface area contributed by atoms with Crippen molar-refractivity contribution in [3.63, 3.8) is 0 Å². The number of aromatic nitrogens is 1. The quantitative estimate of drug-likeness (QED) is 0.510. The maximum atomic E-state index is 13.0. The van der Waals surface area contributed by atoms with Crippen LogP contribution in [0.3, 0.4) is 0 Å². The highest BCUT2D eigenvalue weighted by atomic mass is 32.1. The van der Waals surface area contributed by atoms with Crippen molar-refractivity contribution in [3.8, 4) is 11.5 Å². The molecule has 2 aromatic carbocycles. The van der Waals surface area contributed by atoms with Crippen LogP contribution in [0.25, 0.3) is 10.9 Å². The van der Waals surface area contributed by atoms with Gasteiger partial charge in [-0.3, -0.25) is 4.79 Å². The van der Waals surface area contributed by atoms with Crippen molar-refractivity contribution in [2.75, 3.05) is 19.5 Å². The summed E-state index contributed by atoms with van der Waals surface area (Å²) in [7, 11) is 3.19. The van der Waals surface area contributed by atoms with Gasteiger partial charge in [0.05, 0.1) is 26.3 Å². The van der Waals surface area contributed by atoms with Crippen LogP contribution in [0.1, 0.15) is 37.7 Å². The molecular formula is C25H29N3O3S. The predicted molar refractivity (Wildman–Crippen MR) is 133 cm³/mol. The third kappa shape index (κ3) is 4.88. The van der Waals surface area contributed by atoms with Crippen LogP contribution in [-0.2, 0) is 6.54 Å². The van der Waals surface area contributed by atoms with Gasteiger partial charge in [0.1, 0.15) is 0 Å². The Bertz CT molecular complexity index is 1140. The summed E-state index contributed by atoms with van der Waals surface area (Å²) in [6.45, 7) is 0.447. The molecule has 0 saturated heterocycles. The van der Waals surface area contributed by atoms with Crippen molar-refractivity contribution in [1.29, 1.82) is 0 Å². The van der Waals surface area contributed by atoms with E-state index in [1.807, 2.05) is 42.5 Å². The van der Waals surface area contributed by atoms with Gasteiger partial charge in [0.15, 0.2) is 16.6 Å². The van der Waals surface area contributed by atoms with Gasteiger partial charge in [-0.1, -0.05) is 37.5 Å². The summed E-state index contributed by atoms with van der Waals surface area (Å²) in [6, 6.07) is 15.8. The molecule has 6 nitrogen and oxygen atoms in total. The van der Waals surface area contributed by atoms with Crippen LogP contribution in [0.15, 0.2) is 53.3 Å². The molecule has 1 aliphatic carbocycles. The van der Waals surface area contributed by atoms with E-state index in [2.05, 4.69) is 15.2 Å². The first-order valence-corrected chi connectivity index (χ1v) is 11.4. The monoisotopic (exact) mass is 451 g/mol. The number of H-pyrrole nitrogens is 1. The van der Waals surface area contributed by atoms with Crippen LogP contribution in [0.2, 0.25) is 0 Å². The van der Waals surface area contributed by atoms with Crippen molar-refractivity contribution >= 4 is 33.9 Å². The summed E-state index contributed by atoms with van der Waals surface area (Å²) in [5.41, 5.74) is 2.22. The van der Waals surface area contributed by atoms with E-state index >= 15 is 0 Å². The molecule has 32 heavy (non-hydrogen) atoms. The summed E-state index contributed by atoms with van der Waals surface area (Å²) in [5, 5.41) is 4.90. The molecule has 3 aromatic rings. The van der Waals surface area contributed by atoms with Crippen LogP contribution < -0.4 is 20.3 Å². The second-order valence-corrected chi connectivity index (χ2v) is 8.52. The fourth-order valence-corrected chi connectivity index (χ4v) is 4.69. The Morgan fingerprint density at radius 3 is 2.44 bits per heavy atom. The highest BCUT2D eigenvalue weighted by Gasteiger charge is 2.25. The van der Waals surface area contributed by atoms with Gasteiger partial charge in [-0.05, 0) is 49.3 Å². The first-order chi connectivity index (χ1) is 15.6. The van der Waals surface area contributed by atoms with Gasteiger partial charge < -0.3 is 24.7 Å². The van der Waals surface area contributed by atoms with Crippen molar-refractivity contribution in [2.24, 2.45) is 0 Å². The molecule has 0 radical (unpaired) electrons. The molecular weight excluding hydrogens is 422 g/mol. The Morgan fingerprint density at radius 1 is 1.06 bits per heavy atom. The topological polar surface area (TPSA) is 66.6 Å². The molecule has 0 atom stereocenters. The average molecular weight is 452 g/mol. The van der Waals surface area contributed by atoms with Crippen molar-refractivity contribution in [1.82, 2.24) is 9.88 Å². The van der Waals surface area contributed by atoms with Gasteiger partial charge in [-0.2, -0.15) is 0 Å². The lowest BCUT2D eigenvalue weighted by Crippen LogP contribution is -2.44. The number of rotatable bonds is 6. The number of anilines is 1. The lowest BCUT2D eigenvalue weighted by molar-refractivity contribution is 0.240. The maximum Gasteiger partial charge on any atom is 0.253 e. The second kappa shape index (κ2) is 10.0. The third-order valence-corrected chi connectivity index (χ3v) is 6.40. The molecule has 1 fully saturated rings. The molecule has 1 aromatic heterocycles. The van der Waals surface area contributed by atoms with E-state index in [1.54, 1.807) is 20.3 Å². The summed E-state index contributed by atoms with van der Waals surface area (Å²) >= 11 is 5.81. The van der Waals surface area contributed by atoms with Gasteiger partial charge in [0.25, 0.3) is 5.56 Å². The number of aromatic amines is 1. The van der Waals surface area contributed by atoms with Gasteiger partial charge in [0.2, 0.25) is 0 Å². The van der Waals surface area contributed by atoms with Crippen LogP contribution in [0.5, 0.6) is 11.5 Å². The number of fused-ring (bicyclic) bond motifs is 1. The molecule has 7 heteroatoms. The minimum Gasteiger partial charge on any atom is -0.493 e. The average Bonchev–Trinajstić information content (AvgIpc) is 2.83. The molecule has 0 aliphatic heterocycles. The molecule has 0 spiro atoms. The van der Waals surface area contributed by atoms with Gasteiger partial charge in [0, 0.05) is 28.7 Å². The zero-order chi connectivity index (χ0) is 22.5. The summed E-state index contributed by atoms with van der Waals surface area (Å²) in [4.78, 5) is 18.1. The SMILES string of the molecule is COc1cc2cc(CN(C(=S)Nc3ccccc3)C3CCCCC3)c(=O)[nH]c2cc1OC. The van der Waals surface area contributed by atoms with E-state index in [-0.39, 0.29) is 5.56 Å². The summed E-state index contributed by atoms with van der Waals surface area (Å²) in [6.07, 6.45) is 5.77. The number of ether oxygens (including phenoxy) is 2. The number of methoxy groups -OCH3 is 2. The molecule has 0 unspecified atom stereocenters. The number of pyridine rings is 1. The largest absolute Gasteiger partial charge is 0.493 e. The molecule has 2 N–H and O–H groups in total. The lowest BCUT2D eigenvalue weighted by Gasteiger charge is -2.36. The zero-order valence-corrected chi connectivity index (χ0v) is 19.3. The van der Waals surface area contributed by atoms with Gasteiger partial charge >= 0.3 is 0 Å². The summed E-state index contributed by atoms with van der Waals surface area (Å²) in [5.74, 6) is 1.21. The van der Waals surface area contributed by atoms with E-state index < -0.39 is 0 Å². The first kappa shape index (κ1) is 22.1. The molecule has 0 amide bonds. The molecule has 1 saturated carbocycles. The van der Waals surface area contributed by atoms with Crippen LogP contribution in [0.4, 0.5) is 5.69 Å². The molecule has 1 heterocycles. The Kier molecular flexibility index (Phi) is 6.95. The van der Waals surface area contributed by atoms with Crippen LogP contribution >= 0.6 is 12.2 Å². The molecule has 4 rings (SSSR count). The molecule has 0 bridgehead atoms. The lowest BCUT2D eigenvalue weighted by atomic mass is 9.94. The van der Waals surface area contributed by atoms with E-state index in [0.29, 0.717) is 40.3 Å². The standard InChI is InChI=1S/C25H29N3O3S/c1-30-22-14-17-13-18(24(29)27-21(17)15-23(22)31-2)16-28(20-11-7-4-8-12-20)25(32)26-19-9-5-3-6-10-19/h3,5-6,9-10,13-15,20H,4,7-8,11-12,16H2,1-2H3,(H,26,32)(H,27,29). The van der Waals surface area contributed by atoms with Gasteiger partial charge in [-0.15, -0.1) is 0 Å². The van der Waals surface area contributed by atoms with Crippen molar-refractivity contribution in [3.05, 3.63) is 64.4 Å². The minimum absolute atomic E-state index is 0.118. The Labute approximate surface area is 193 Å². The van der Waals surface area contributed by atoms with E-state index in [1.165, 1.54) is 19.3 Å². The number of para-hydroxylation sites is 1. The Balaban J connectivity index is 1.66. The second-order valence-electron chi connectivity index (χ2n) is 8.13. The number of hydrogen-bond acceptors (Lipinski definition) is 4. The number of nitrogens with one attached hydrogen (secondary N) is 2. The zero-order valence-electron chi connectivity index (χ0n) is 18.5. The predicted octanol–water partition coefficient (Wildman–Crippen LogP) is 5.08. The smallest absolute Gasteiger partial charge is 0.253 e. The molecule has 168 valence electrons. The minimum atomic E-state index is -0.118. The first-order valence-electron chi connectivity index (χ1n) is 11.0. The number of benzene rings is 2. The summed E-state index contributed by atoms with van der Waals surface area (Å²) < 4.78 is 10.8. The van der Waals surface area contributed by atoms with E-state index in [9.17, 15) is 4.79 Å². The Hall–Kier alpha value is -3.06. The number of thiocarbonyl (C=S) groups is 1. The fraction of sp³-hybridized carbons (Fsp3) is 0.360. The van der Waals surface area contributed by atoms with Crippen LogP contribution in [0, 0.1) is 0 Å². The normalized spacial score (nSPS) is 14.2. The fourth-order valence-electron chi connectivity index (χ4n) is 4.36. The van der Waals surface area contributed by atoms with E-state index in [0.717, 1.165) is 23.9 Å². The highest BCUT2D eigenvalue weighted by Crippen LogP contribution is 2.31. The third-order valence-electron chi connectivity index (χ3n) is 6.07. The number of nitrogens with zero attached hydrogens (tertiary/aromatic N) is 1. The van der Waals surface area contributed by atoms with Crippen molar-refractivity contribution in [2.45, 2.75) is 44.7 Å². The highest BCUT2D eigenvalue weighted by molar-refractivity contribution is 7.80. The van der Waals surface area contributed by atoms with Crippen LogP contribution in [-0.4, -0.2) is 35.3 Å². The van der Waals surface area contributed by atoms with Crippen molar-refractivity contribution < 1.29 is 9.47 Å². The Morgan fingerprint density at radius 2 is 1.75 bits per heavy atom.